The molecule has 0 radical (unpaired) electrons. The molecule has 0 bridgehead atoms. The van der Waals surface area contributed by atoms with Gasteiger partial charge < -0.3 is 5.32 Å². The van der Waals surface area contributed by atoms with Crippen molar-refractivity contribution < 1.29 is 9.59 Å². The standard InChI is InChI=1S/C22H17ClN2O2S/c1-13-5-3-6-16(11-13)25-21(26)19(18-7-4-10-28-18)20(22(25)27)24-15-9-8-14(2)17(23)12-15/h3-12,24H,1-2H3. The summed E-state index contributed by atoms with van der Waals surface area (Å²) in [4.78, 5) is 28.4. The van der Waals surface area contributed by atoms with Crippen molar-refractivity contribution in [1.82, 2.24) is 0 Å². The number of carbonyl (C=O) groups is 2. The van der Waals surface area contributed by atoms with Gasteiger partial charge >= 0.3 is 0 Å². The summed E-state index contributed by atoms with van der Waals surface area (Å²) >= 11 is 7.65. The van der Waals surface area contributed by atoms with E-state index in [0.717, 1.165) is 16.0 Å². The van der Waals surface area contributed by atoms with Crippen LogP contribution in [-0.2, 0) is 9.59 Å². The second-order valence-electron chi connectivity index (χ2n) is 6.60. The average molecular weight is 409 g/mol. The summed E-state index contributed by atoms with van der Waals surface area (Å²) in [6.45, 7) is 3.84. The van der Waals surface area contributed by atoms with Gasteiger partial charge in [0.2, 0.25) is 0 Å². The number of hydrogen-bond acceptors (Lipinski definition) is 4. The van der Waals surface area contributed by atoms with Crippen LogP contribution in [0.15, 0.2) is 65.7 Å². The van der Waals surface area contributed by atoms with Crippen LogP contribution in [0.5, 0.6) is 0 Å². The van der Waals surface area contributed by atoms with Crippen LogP contribution in [0, 0.1) is 13.8 Å². The Morgan fingerprint density at radius 1 is 0.964 bits per heavy atom. The fraction of sp³-hybridized carbons (Fsp3) is 0.0909. The van der Waals surface area contributed by atoms with E-state index in [9.17, 15) is 9.59 Å². The van der Waals surface area contributed by atoms with E-state index in [4.69, 9.17) is 11.6 Å². The number of nitrogens with zero attached hydrogens (tertiary/aromatic N) is 1. The first kappa shape index (κ1) is 18.5. The summed E-state index contributed by atoms with van der Waals surface area (Å²) in [5, 5.41) is 5.61. The summed E-state index contributed by atoms with van der Waals surface area (Å²) < 4.78 is 0. The van der Waals surface area contributed by atoms with Crippen molar-refractivity contribution in [2.45, 2.75) is 13.8 Å². The molecule has 2 heterocycles. The largest absolute Gasteiger partial charge is 0.350 e. The van der Waals surface area contributed by atoms with E-state index in [0.29, 0.717) is 22.0 Å². The van der Waals surface area contributed by atoms with Crippen molar-refractivity contribution in [3.8, 4) is 0 Å². The molecule has 0 saturated heterocycles. The number of benzene rings is 2. The van der Waals surface area contributed by atoms with Crippen LogP contribution < -0.4 is 10.2 Å². The highest BCUT2D eigenvalue weighted by molar-refractivity contribution is 7.11. The van der Waals surface area contributed by atoms with E-state index >= 15 is 0 Å². The third kappa shape index (κ3) is 3.23. The zero-order valence-corrected chi connectivity index (χ0v) is 16.9. The van der Waals surface area contributed by atoms with Crippen molar-refractivity contribution >= 4 is 51.7 Å². The van der Waals surface area contributed by atoms with Gasteiger partial charge in [-0.05, 0) is 60.7 Å². The highest BCUT2D eigenvalue weighted by Crippen LogP contribution is 2.36. The summed E-state index contributed by atoms with van der Waals surface area (Å²) in [7, 11) is 0. The number of halogens is 1. The molecule has 4 nitrogen and oxygen atoms in total. The summed E-state index contributed by atoms with van der Waals surface area (Å²) in [5.41, 5.74) is 3.76. The Kier molecular flexibility index (Phi) is 4.79. The normalized spacial score (nSPS) is 14.2. The van der Waals surface area contributed by atoms with Gasteiger partial charge in [0.25, 0.3) is 11.8 Å². The highest BCUT2D eigenvalue weighted by atomic mass is 35.5. The Morgan fingerprint density at radius 2 is 1.79 bits per heavy atom. The number of nitrogens with one attached hydrogen (secondary N) is 1. The van der Waals surface area contributed by atoms with Gasteiger partial charge in [0.15, 0.2) is 0 Å². The zero-order valence-electron chi connectivity index (χ0n) is 15.3. The lowest BCUT2D eigenvalue weighted by Crippen LogP contribution is -2.32. The molecule has 3 aromatic rings. The predicted molar refractivity (Wildman–Crippen MR) is 115 cm³/mol. The average Bonchev–Trinajstić information content (AvgIpc) is 3.25. The molecule has 140 valence electrons. The maximum absolute atomic E-state index is 13.2. The molecule has 4 rings (SSSR count). The second kappa shape index (κ2) is 7.26. The predicted octanol–water partition coefficient (Wildman–Crippen LogP) is 5.41. The van der Waals surface area contributed by atoms with Gasteiger partial charge in [0.1, 0.15) is 5.70 Å². The van der Waals surface area contributed by atoms with Crippen LogP contribution in [0.2, 0.25) is 5.02 Å². The number of hydrogen-bond donors (Lipinski definition) is 1. The zero-order chi connectivity index (χ0) is 19.8. The Morgan fingerprint density at radius 3 is 2.46 bits per heavy atom. The minimum absolute atomic E-state index is 0.258. The quantitative estimate of drug-likeness (QED) is 0.587. The molecule has 0 unspecified atom stereocenters. The number of anilines is 2. The number of aryl methyl sites for hydroxylation is 2. The SMILES string of the molecule is Cc1cccc(N2C(=O)C(Nc3ccc(C)c(Cl)c3)=C(c3cccs3)C2=O)c1. The maximum Gasteiger partial charge on any atom is 0.282 e. The van der Waals surface area contributed by atoms with Crippen LogP contribution in [0.1, 0.15) is 16.0 Å². The molecular weight excluding hydrogens is 392 g/mol. The van der Waals surface area contributed by atoms with Crippen molar-refractivity contribution in [1.29, 1.82) is 0 Å². The molecule has 0 atom stereocenters. The second-order valence-corrected chi connectivity index (χ2v) is 7.96. The van der Waals surface area contributed by atoms with E-state index in [-0.39, 0.29) is 17.5 Å². The summed E-state index contributed by atoms with van der Waals surface area (Å²) in [5.74, 6) is -0.713. The third-order valence-corrected chi connectivity index (χ3v) is 5.85. The van der Waals surface area contributed by atoms with Gasteiger partial charge in [-0.25, -0.2) is 4.90 Å². The lowest BCUT2D eigenvalue weighted by atomic mass is 10.1. The first-order valence-electron chi connectivity index (χ1n) is 8.72. The lowest BCUT2D eigenvalue weighted by Gasteiger charge is -2.16. The van der Waals surface area contributed by atoms with Gasteiger partial charge in [-0.2, -0.15) is 0 Å². The van der Waals surface area contributed by atoms with Crippen LogP contribution in [0.4, 0.5) is 11.4 Å². The Labute approximate surface area is 172 Å². The first-order valence-corrected chi connectivity index (χ1v) is 9.98. The summed E-state index contributed by atoms with van der Waals surface area (Å²) in [6, 6.07) is 16.5. The van der Waals surface area contributed by atoms with Crippen molar-refractivity contribution in [2.24, 2.45) is 0 Å². The number of amides is 2. The fourth-order valence-corrected chi connectivity index (χ4v) is 4.06. The van der Waals surface area contributed by atoms with Gasteiger partial charge in [-0.1, -0.05) is 35.9 Å². The third-order valence-electron chi connectivity index (χ3n) is 4.55. The maximum atomic E-state index is 13.2. The molecule has 1 N–H and O–H groups in total. The van der Waals surface area contributed by atoms with Crippen LogP contribution >= 0.6 is 22.9 Å². The smallest absolute Gasteiger partial charge is 0.282 e. The van der Waals surface area contributed by atoms with E-state index in [2.05, 4.69) is 5.32 Å². The first-order chi connectivity index (χ1) is 13.5. The van der Waals surface area contributed by atoms with Crippen molar-refractivity contribution in [3.05, 3.63) is 86.7 Å². The number of thiophene rings is 1. The molecule has 0 saturated carbocycles. The van der Waals surface area contributed by atoms with Crippen molar-refractivity contribution in [2.75, 3.05) is 10.2 Å². The lowest BCUT2D eigenvalue weighted by molar-refractivity contribution is -0.120. The van der Waals surface area contributed by atoms with E-state index in [1.165, 1.54) is 16.2 Å². The monoisotopic (exact) mass is 408 g/mol. The van der Waals surface area contributed by atoms with Gasteiger partial charge in [-0.15, -0.1) is 11.3 Å². The van der Waals surface area contributed by atoms with Gasteiger partial charge in [0, 0.05) is 15.6 Å². The van der Waals surface area contributed by atoms with Crippen LogP contribution in [0.3, 0.4) is 0 Å². The molecule has 28 heavy (non-hydrogen) atoms. The van der Waals surface area contributed by atoms with Crippen LogP contribution in [-0.4, -0.2) is 11.8 Å². The number of carbonyl (C=O) groups excluding carboxylic acids is 2. The molecule has 1 aromatic heterocycles. The number of rotatable bonds is 4. The Balaban J connectivity index is 1.80. The van der Waals surface area contributed by atoms with Crippen LogP contribution in [0.25, 0.3) is 5.57 Å². The molecule has 0 aliphatic carbocycles. The molecule has 1 aliphatic heterocycles. The summed E-state index contributed by atoms with van der Waals surface area (Å²) in [6.07, 6.45) is 0. The van der Waals surface area contributed by atoms with E-state index < -0.39 is 0 Å². The molecule has 1 aliphatic rings. The minimum Gasteiger partial charge on any atom is -0.350 e. The molecule has 2 aromatic carbocycles. The fourth-order valence-electron chi connectivity index (χ4n) is 3.11. The molecule has 2 amide bonds. The molecular formula is C22H17ClN2O2S. The highest BCUT2D eigenvalue weighted by Gasteiger charge is 2.40. The van der Waals surface area contributed by atoms with E-state index in [1.807, 2.05) is 61.7 Å². The number of imide groups is 1. The molecule has 6 heteroatoms. The topological polar surface area (TPSA) is 49.4 Å². The van der Waals surface area contributed by atoms with Crippen molar-refractivity contribution in [3.63, 3.8) is 0 Å². The Hall–Kier alpha value is -2.89. The molecule has 0 fully saturated rings. The van der Waals surface area contributed by atoms with E-state index in [1.54, 1.807) is 12.1 Å². The minimum atomic E-state index is -0.379. The van der Waals surface area contributed by atoms with Gasteiger partial charge in [-0.3, -0.25) is 9.59 Å². The van der Waals surface area contributed by atoms with Gasteiger partial charge in [0.05, 0.1) is 11.3 Å². The Bertz CT molecular complexity index is 1120. The molecule has 0 spiro atoms.